The third-order valence-corrected chi connectivity index (χ3v) is 4.67. The Morgan fingerprint density at radius 1 is 1.00 bits per heavy atom. The summed E-state index contributed by atoms with van der Waals surface area (Å²) < 4.78 is 43.8. The Labute approximate surface area is 162 Å². The van der Waals surface area contributed by atoms with Crippen LogP contribution in [0.25, 0.3) is 0 Å². The predicted octanol–water partition coefficient (Wildman–Crippen LogP) is 4.00. The second-order valence-electron chi connectivity index (χ2n) is 6.86. The van der Waals surface area contributed by atoms with Crippen molar-refractivity contribution in [2.45, 2.75) is 32.1 Å². The fourth-order valence-electron chi connectivity index (χ4n) is 3.18. The molecule has 0 radical (unpaired) electrons. The monoisotopic (exact) mass is 392 g/mol. The smallest absolute Gasteiger partial charge is 0.419 e. The van der Waals surface area contributed by atoms with Crippen LogP contribution in [0.4, 0.5) is 13.2 Å². The largest absolute Gasteiger partial charge is 0.483 e. The van der Waals surface area contributed by atoms with Gasteiger partial charge in [-0.05, 0) is 49.2 Å². The third-order valence-electron chi connectivity index (χ3n) is 4.67. The summed E-state index contributed by atoms with van der Waals surface area (Å²) in [5.74, 6) is -0.825. The maximum Gasteiger partial charge on any atom is 0.419 e. The molecular weight excluding hydrogens is 369 g/mol. The molecule has 1 N–H and O–H groups in total. The molecule has 4 nitrogen and oxygen atoms in total. The highest BCUT2D eigenvalue weighted by Gasteiger charge is 2.34. The van der Waals surface area contributed by atoms with Crippen molar-refractivity contribution in [1.82, 2.24) is 10.2 Å². The van der Waals surface area contributed by atoms with Gasteiger partial charge >= 0.3 is 6.18 Å². The van der Waals surface area contributed by atoms with Crippen molar-refractivity contribution in [1.29, 1.82) is 0 Å². The Kier molecular flexibility index (Phi) is 6.57. The number of amides is 1. The molecule has 0 bridgehead atoms. The fourth-order valence-corrected chi connectivity index (χ4v) is 3.18. The first-order chi connectivity index (χ1) is 13.4. The molecule has 1 aliphatic rings. The van der Waals surface area contributed by atoms with E-state index in [0.29, 0.717) is 6.54 Å². The number of halogens is 3. The number of benzene rings is 2. The topological polar surface area (TPSA) is 41.6 Å². The zero-order valence-corrected chi connectivity index (χ0v) is 15.5. The number of para-hydroxylation sites is 1. The third kappa shape index (κ3) is 5.73. The Morgan fingerprint density at radius 3 is 2.32 bits per heavy atom. The van der Waals surface area contributed by atoms with Crippen LogP contribution >= 0.6 is 0 Å². The highest BCUT2D eigenvalue weighted by Crippen LogP contribution is 2.35. The minimum atomic E-state index is -4.52. The highest BCUT2D eigenvalue weighted by molar-refractivity contribution is 5.77. The van der Waals surface area contributed by atoms with Crippen LogP contribution in [-0.2, 0) is 24.1 Å². The maximum atomic E-state index is 12.9. The van der Waals surface area contributed by atoms with Crippen LogP contribution in [0.3, 0.4) is 0 Å². The number of hydrogen-bond acceptors (Lipinski definition) is 3. The van der Waals surface area contributed by atoms with Crippen molar-refractivity contribution < 1.29 is 22.7 Å². The summed E-state index contributed by atoms with van der Waals surface area (Å²) >= 11 is 0. The number of ether oxygens (including phenoxy) is 1. The number of hydrogen-bond donors (Lipinski definition) is 1. The van der Waals surface area contributed by atoms with Crippen molar-refractivity contribution in [3.05, 3.63) is 65.2 Å². The first-order valence-corrected chi connectivity index (χ1v) is 9.28. The number of alkyl halides is 3. The summed E-state index contributed by atoms with van der Waals surface area (Å²) in [6.45, 7) is 3.02. The number of carbonyl (C=O) groups is 1. The zero-order chi connectivity index (χ0) is 20.0. The number of likely N-dealkylation sites (tertiary alicyclic amines) is 1. The molecular formula is C21H23F3N2O2. The van der Waals surface area contributed by atoms with Crippen LogP contribution in [0, 0.1) is 0 Å². The molecule has 1 amide bonds. The van der Waals surface area contributed by atoms with Gasteiger partial charge in [0.05, 0.1) is 5.56 Å². The maximum absolute atomic E-state index is 12.9. The van der Waals surface area contributed by atoms with Gasteiger partial charge in [-0.15, -0.1) is 0 Å². The summed E-state index contributed by atoms with van der Waals surface area (Å²) in [4.78, 5) is 14.3. The fraction of sp³-hybridized carbons (Fsp3) is 0.381. The van der Waals surface area contributed by atoms with E-state index in [-0.39, 0.29) is 5.75 Å². The van der Waals surface area contributed by atoms with Gasteiger partial charge in [0.1, 0.15) is 5.75 Å². The molecule has 150 valence electrons. The average molecular weight is 392 g/mol. The van der Waals surface area contributed by atoms with E-state index in [1.807, 2.05) is 24.3 Å². The minimum absolute atomic E-state index is 0.299. The summed E-state index contributed by atoms with van der Waals surface area (Å²) in [6, 6.07) is 12.8. The summed E-state index contributed by atoms with van der Waals surface area (Å²) in [6.07, 6.45) is -2.02. The first-order valence-electron chi connectivity index (χ1n) is 9.28. The molecule has 0 unspecified atom stereocenters. The standard InChI is InChI=1S/C21H23F3N2O2/c22-21(23,24)18-5-1-2-6-19(18)28-15-20(27)25-13-16-7-9-17(10-8-16)14-26-11-3-4-12-26/h1-2,5-10H,3-4,11-15H2,(H,25,27). The Morgan fingerprint density at radius 2 is 1.64 bits per heavy atom. The van der Waals surface area contributed by atoms with Crippen molar-refractivity contribution >= 4 is 5.91 Å². The number of nitrogens with zero attached hydrogens (tertiary/aromatic N) is 1. The second kappa shape index (κ2) is 9.10. The zero-order valence-electron chi connectivity index (χ0n) is 15.5. The van der Waals surface area contributed by atoms with Crippen LogP contribution in [0.2, 0.25) is 0 Å². The lowest BCUT2D eigenvalue weighted by Gasteiger charge is -2.15. The Hall–Kier alpha value is -2.54. The molecule has 1 saturated heterocycles. The van der Waals surface area contributed by atoms with E-state index < -0.39 is 24.3 Å². The van der Waals surface area contributed by atoms with E-state index in [0.717, 1.165) is 31.3 Å². The summed E-state index contributed by atoms with van der Waals surface area (Å²) in [5, 5.41) is 2.66. The lowest BCUT2D eigenvalue weighted by atomic mass is 10.1. The lowest BCUT2D eigenvalue weighted by molar-refractivity contribution is -0.139. The van der Waals surface area contributed by atoms with Gasteiger partial charge in [0.15, 0.2) is 6.61 Å². The van der Waals surface area contributed by atoms with Crippen molar-refractivity contribution in [3.8, 4) is 5.75 Å². The number of rotatable bonds is 7. The number of nitrogens with one attached hydrogen (secondary N) is 1. The van der Waals surface area contributed by atoms with Crippen LogP contribution in [-0.4, -0.2) is 30.5 Å². The van der Waals surface area contributed by atoms with Crippen LogP contribution in [0.1, 0.15) is 29.5 Å². The van der Waals surface area contributed by atoms with Gasteiger partial charge in [-0.1, -0.05) is 36.4 Å². The second-order valence-corrected chi connectivity index (χ2v) is 6.86. The van der Waals surface area contributed by atoms with E-state index in [1.54, 1.807) is 0 Å². The molecule has 2 aromatic carbocycles. The summed E-state index contributed by atoms with van der Waals surface area (Å²) in [7, 11) is 0. The molecule has 0 spiro atoms. The van der Waals surface area contributed by atoms with Crippen LogP contribution in [0.5, 0.6) is 5.75 Å². The van der Waals surface area contributed by atoms with Crippen LogP contribution < -0.4 is 10.1 Å². The molecule has 0 atom stereocenters. The molecule has 1 heterocycles. The molecule has 1 aliphatic heterocycles. The van der Waals surface area contributed by atoms with E-state index >= 15 is 0 Å². The van der Waals surface area contributed by atoms with E-state index in [2.05, 4.69) is 10.2 Å². The predicted molar refractivity (Wildman–Crippen MR) is 99.7 cm³/mol. The Bertz CT molecular complexity index is 785. The highest BCUT2D eigenvalue weighted by atomic mass is 19.4. The van der Waals surface area contributed by atoms with Gasteiger partial charge < -0.3 is 10.1 Å². The normalized spacial score (nSPS) is 14.8. The molecule has 28 heavy (non-hydrogen) atoms. The number of carbonyl (C=O) groups excluding carboxylic acids is 1. The van der Waals surface area contributed by atoms with Gasteiger partial charge in [0, 0.05) is 13.1 Å². The van der Waals surface area contributed by atoms with Crippen LogP contribution in [0.15, 0.2) is 48.5 Å². The Balaban J connectivity index is 1.46. The van der Waals surface area contributed by atoms with E-state index in [1.165, 1.54) is 36.6 Å². The van der Waals surface area contributed by atoms with Crippen molar-refractivity contribution in [2.75, 3.05) is 19.7 Å². The SMILES string of the molecule is O=C(COc1ccccc1C(F)(F)F)NCc1ccc(CN2CCCC2)cc1. The molecule has 0 aliphatic carbocycles. The van der Waals surface area contributed by atoms with Gasteiger partial charge in [-0.3, -0.25) is 9.69 Å². The average Bonchev–Trinajstić information content (AvgIpc) is 3.18. The minimum Gasteiger partial charge on any atom is -0.483 e. The molecule has 0 aromatic heterocycles. The van der Waals surface area contributed by atoms with E-state index in [9.17, 15) is 18.0 Å². The molecule has 3 rings (SSSR count). The first kappa shape index (κ1) is 20.2. The molecule has 0 saturated carbocycles. The van der Waals surface area contributed by atoms with Gasteiger partial charge in [0.25, 0.3) is 5.91 Å². The molecule has 2 aromatic rings. The molecule has 1 fully saturated rings. The van der Waals surface area contributed by atoms with Gasteiger partial charge in [-0.25, -0.2) is 0 Å². The van der Waals surface area contributed by atoms with Gasteiger partial charge in [0.2, 0.25) is 0 Å². The van der Waals surface area contributed by atoms with Crippen molar-refractivity contribution in [3.63, 3.8) is 0 Å². The van der Waals surface area contributed by atoms with Crippen molar-refractivity contribution in [2.24, 2.45) is 0 Å². The quantitative estimate of drug-likeness (QED) is 0.775. The van der Waals surface area contributed by atoms with E-state index in [4.69, 9.17) is 4.74 Å². The lowest BCUT2D eigenvalue weighted by Crippen LogP contribution is -2.28. The van der Waals surface area contributed by atoms with Gasteiger partial charge in [-0.2, -0.15) is 13.2 Å². The molecule has 7 heteroatoms. The summed E-state index contributed by atoms with van der Waals surface area (Å²) in [5.41, 5.74) is 1.26.